The minimum atomic E-state index is -0.501. The van der Waals surface area contributed by atoms with Gasteiger partial charge in [-0.25, -0.2) is 9.69 Å². The third-order valence-electron chi connectivity index (χ3n) is 6.94. The second kappa shape index (κ2) is 9.95. The van der Waals surface area contributed by atoms with E-state index in [0.717, 1.165) is 11.1 Å². The number of urea groups is 1. The van der Waals surface area contributed by atoms with E-state index < -0.39 is 18.0 Å². The zero-order valence-electron chi connectivity index (χ0n) is 20.0. The first-order valence-corrected chi connectivity index (χ1v) is 11.5. The van der Waals surface area contributed by atoms with Gasteiger partial charge >= 0.3 is 6.03 Å². The second-order valence-corrected chi connectivity index (χ2v) is 8.96. The highest BCUT2D eigenvalue weighted by atomic mass is 16.5. The summed E-state index contributed by atoms with van der Waals surface area (Å²) in [6.45, 7) is 3.81. The molecule has 0 aromatic heterocycles. The summed E-state index contributed by atoms with van der Waals surface area (Å²) in [6, 6.07) is 13.5. The molecule has 4 rings (SSSR count). The summed E-state index contributed by atoms with van der Waals surface area (Å²) in [4.78, 5) is 42.8. The van der Waals surface area contributed by atoms with Crippen molar-refractivity contribution in [1.82, 2.24) is 4.90 Å². The molecule has 34 heavy (non-hydrogen) atoms. The number of ether oxygens (including phenoxy) is 2. The predicted molar refractivity (Wildman–Crippen MR) is 129 cm³/mol. The van der Waals surface area contributed by atoms with Crippen molar-refractivity contribution in [3.63, 3.8) is 0 Å². The van der Waals surface area contributed by atoms with Gasteiger partial charge in [-0.15, -0.1) is 0 Å². The molecule has 0 bridgehead atoms. The van der Waals surface area contributed by atoms with Crippen LogP contribution in [0.5, 0.6) is 0 Å². The summed E-state index contributed by atoms with van der Waals surface area (Å²) in [6.07, 6.45) is 0.272. The van der Waals surface area contributed by atoms with Crippen molar-refractivity contribution >= 4 is 29.2 Å². The highest BCUT2D eigenvalue weighted by molar-refractivity contribution is 6.17. The van der Waals surface area contributed by atoms with E-state index in [9.17, 15) is 14.4 Å². The number of nitrogens with zero attached hydrogens (tertiary/aromatic N) is 2. The van der Waals surface area contributed by atoms with Crippen molar-refractivity contribution in [3.8, 4) is 0 Å². The van der Waals surface area contributed by atoms with Crippen LogP contribution in [-0.4, -0.2) is 61.8 Å². The van der Waals surface area contributed by atoms with Crippen LogP contribution in [0.2, 0.25) is 0 Å². The van der Waals surface area contributed by atoms with Crippen LogP contribution in [0.3, 0.4) is 0 Å². The number of carbonyl (C=O) groups excluding carboxylic acids is 3. The largest absolute Gasteiger partial charge is 0.379 e. The molecule has 1 N–H and O–H groups in total. The van der Waals surface area contributed by atoms with Crippen molar-refractivity contribution in [3.05, 3.63) is 59.7 Å². The van der Waals surface area contributed by atoms with Crippen LogP contribution in [0, 0.1) is 19.8 Å². The van der Waals surface area contributed by atoms with Gasteiger partial charge in [0.15, 0.2) is 0 Å². The van der Waals surface area contributed by atoms with Gasteiger partial charge in [0.2, 0.25) is 11.8 Å². The summed E-state index contributed by atoms with van der Waals surface area (Å²) in [5.74, 6) is -1.09. The molecule has 1 aliphatic carbocycles. The van der Waals surface area contributed by atoms with Crippen molar-refractivity contribution in [1.29, 1.82) is 0 Å². The average Bonchev–Trinajstić information content (AvgIpc) is 2.84. The number of benzene rings is 2. The number of nitrogens with one attached hydrogen (secondary N) is 1. The van der Waals surface area contributed by atoms with Crippen LogP contribution >= 0.6 is 0 Å². The number of hydrogen-bond acceptors (Lipinski definition) is 5. The molecule has 4 amide bonds. The molecule has 1 saturated carbocycles. The molecule has 8 nitrogen and oxygen atoms in total. The molecular weight excluding hydrogens is 434 g/mol. The summed E-state index contributed by atoms with van der Waals surface area (Å²) >= 11 is 0. The Hall–Kier alpha value is -3.23. The lowest BCUT2D eigenvalue weighted by Crippen LogP contribution is -2.66. The van der Waals surface area contributed by atoms with Gasteiger partial charge in [-0.05, 0) is 62.1 Å². The molecule has 2 fully saturated rings. The van der Waals surface area contributed by atoms with E-state index in [1.54, 1.807) is 38.5 Å². The number of imide groups is 1. The first-order chi connectivity index (χ1) is 16.3. The number of methoxy groups -OCH3 is 2. The fourth-order valence-corrected chi connectivity index (χ4v) is 4.92. The minimum absolute atomic E-state index is 0.169. The average molecular weight is 466 g/mol. The Bertz CT molecular complexity index is 1070. The minimum Gasteiger partial charge on any atom is -0.379 e. The van der Waals surface area contributed by atoms with Gasteiger partial charge in [-0.1, -0.05) is 24.3 Å². The lowest BCUT2D eigenvalue weighted by atomic mass is 9.78. The normalized spacial score (nSPS) is 24.7. The zero-order valence-corrected chi connectivity index (χ0v) is 20.0. The molecule has 180 valence electrons. The van der Waals surface area contributed by atoms with E-state index in [0.29, 0.717) is 24.2 Å². The standard InChI is InChI=1S/C26H31N3O5/c1-16-10-11-18(12-17(16)2)27-24(30)15-28-21-14-23(34-4)22(33-3)13-20(21)25(31)29(26(28)32)19-8-6-5-7-9-19/h5-12,20-23H,13-15H2,1-4H3,(H,27,30). The second-order valence-electron chi connectivity index (χ2n) is 8.96. The van der Waals surface area contributed by atoms with Crippen LogP contribution in [0.4, 0.5) is 16.2 Å². The number of hydrogen-bond donors (Lipinski definition) is 1. The van der Waals surface area contributed by atoms with Crippen molar-refractivity contribution in [2.75, 3.05) is 31.0 Å². The van der Waals surface area contributed by atoms with Crippen LogP contribution in [0.1, 0.15) is 24.0 Å². The maximum absolute atomic E-state index is 13.6. The Morgan fingerprint density at radius 3 is 2.29 bits per heavy atom. The molecule has 4 unspecified atom stereocenters. The first-order valence-electron chi connectivity index (χ1n) is 11.5. The molecule has 8 heteroatoms. The van der Waals surface area contributed by atoms with E-state index in [-0.39, 0.29) is 30.6 Å². The van der Waals surface area contributed by atoms with E-state index in [4.69, 9.17) is 9.47 Å². The Morgan fingerprint density at radius 1 is 0.971 bits per heavy atom. The Labute approximate surface area is 199 Å². The van der Waals surface area contributed by atoms with Gasteiger partial charge in [0, 0.05) is 25.9 Å². The number of rotatable bonds is 6. The van der Waals surface area contributed by atoms with Crippen molar-refractivity contribution in [2.45, 2.75) is 44.9 Å². The summed E-state index contributed by atoms with van der Waals surface area (Å²) in [5.41, 5.74) is 3.35. The first kappa shape index (κ1) is 23.9. The van der Waals surface area contributed by atoms with Gasteiger partial charge < -0.3 is 19.7 Å². The van der Waals surface area contributed by atoms with E-state index in [1.807, 2.05) is 38.1 Å². The number of fused-ring (bicyclic) bond motifs is 1. The highest BCUT2D eigenvalue weighted by Crippen LogP contribution is 2.38. The Morgan fingerprint density at radius 2 is 1.65 bits per heavy atom. The van der Waals surface area contributed by atoms with Gasteiger partial charge in [-0.3, -0.25) is 9.59 Å². The predicted octanol–water partition coefficient (Wildman–Crippen LogP) is 3.52. The fourth-order valence-electron chi connectivity index (χ4n) is 4.92. The number of anilines is 2. The molecule has 1 heterocycles. The molecule has 2 aromatic rings. The Balaban J connectivity index is 1.63. The Kier molecular flexibility index (Phi) is 7.00. The SMILES string of the molecule is COC1CC2C(=O)N(c3ccccc3)C(=O)N(CC(=O)Nc3ccc(C)c(C)c3)C2CC1OC. The lowest BCUT2D eigenvalue weighted by Gasteiger charge is -2.49. The molecule has 0 radical (unpaired) electrons. The third-order valence-corrected chi connectivity index (χ3v) is 6.94. The molecule has 0 spiro atoms. The highest BCUT2D eigenvalue weighted by Gasteiger charge is 2.52. The van der Waals surface area contributed by atoms with Crippen molar-refractivity contribution < 1.29 is 23.9 Å². The quantitative estimate of drug-likeness (QED) is 0.705. The number of aryl methyl sites for hydroxylation is 2. The zero-order chi connectivity index (χ0) is 24.4. The molecule has 1 aliphatic heterocycles. The summed E-state index contributed by atoms with van der Waals surface area (Å²) < 4.78 is 11.2. The third kappa shape index (κ3) is 4.56. The van der Waals surface area contributed by atoms with Gasteiger partial charge in [-0.2, -0.15) is 0 Å². The van der Waals surface area contributed by atoms with Gasteiger partial charge in [0.05, 0.1) is 23.8 Å². The molecule has 2 aliphatic rings. The monoisotopic (exact) mass is 465 g/mol. The number of carbonyl (C=O) groups is 3. The fraction of sp³-hybridized carbons (Fsp3) is 0.423. The van der Waals surface area contributed by atoms with Crippen molar-refractivity contribution in [2.24, 2.45) is 5.92 Å². The van der Waals surface area contributed by atoms with Crippen LogP contribution in [0.15, 0.2) is 48.5 Å². The number of para-hydroxylation sites is 1. The van der Waals surface area contributed by atoms with Crippen LogP contribution in [-0.2, 0) is 19.1 Å². The summed E-state index contributed by atoms with van der Waals surface area (Å²) in [7, 11) is 3.19. The van der Waals surface area contributed by atoms with E-state index in [1.165, 1.54) is 9.80 Å². The summed E-state index contributed by atoms with van der Waals surface area (Å²) in [5, 5.41) is 2.89. The smallest absolute Gasteiger partial charge is 0.332 e. The lowest BCUT2D eigenvalue weighted by molar-refractivity contribution is -0.139. The topological polar surface area (TPSA) is 88.2 Å². The molecule has 2 aromatic carbocycles. The van der Waals surface area contributed by atoms with Gasteiger partial charge in [0.25, 0.3) is 0 Å². The molecular formula is C26H31N3O5. The van der Waals surface area contributed by atoms with E-state index in [2.05, 4.69) is 5.32 Å². The van der Waals surface area contributed by atoms with Crippen LogP contribution < -0.4 is 10.2 Å². The molecule has 1 saturated heterocycles. The number of amides is 4. The maximum atomic E-state index is 13.6. The van der Waals surface area contributed by atoms with Gasteiger partial charge in [0.1, 0.15) is 6.54 Å². The van der Waals surface area contributed by atoms with Crippen LogP contribution in [0.25, 0.3) is 0 Å². The maximum Gasteiger partial charge on any atom is 0.332 e. The van der Waals surface area contributed by atoms with E-state index >= 15 is 0 Å². The molecule has 4 atom stereocenters.